The van der Waals surface area contributed by atoms with Crippen LogP contribution in [0.15, 0.2) is 84.9 Å². The van der Waals surface area contributed by atoms with Crippen LogP contribution in [0.4, 0.5) is 0 Å². The fraction of sp³-hybridized carbons (Fsp3) is 0.0500. The number of rotatable bonds is 4. The van der Waals surface area contributed by atoms with Crippen LogP contribution in [0.3, 0.4) is 0 Å². The van der Waals surface area contributed by atoms with Crippen LogP contribution < -0.4 is 10.6 Å². The van der Waals surface area contributed by atoms with E-state index in [4.69, 9.17) is 11.8 Å². The Labute approximate surface area is 142 Å². The molecule has 0 fully saturated rings. The van der Waals surface area contributed by atoms with Gasteiger partial charge in [0.25, 0.3) is 0 Å². The monoisotopic (exact) mass is 336 g/mol. The molecule has 0 aliphatic heterocycles. The van der Waals surface area contributed by atoms with Crippen molar-refractivity contribution in [2.75, 3.05) is 0 Å². The molecular formula is C20H17OPS. The summed E-state index contributed by atoms with van der Waals surface area (Å²) in [4.78, 5) is 13.4. The Morgan fingerprint density at radius 2 is 1.17 bits per heavy atom. The highest BCUT2D eigenvalue weighted by atomic mass is 32.4. The van der Waals surface area contributed by atoms with Crippen LogP contribution in [0.2, 0.25) is 0 Å². The number of carbonyl (C=O) groups excluding carboxylic acids is 1. The summed E-state index contributed by atoms with van der Waals surface area (Å²) in [6.45, 7) is 1.96. The number of benzene rings is 3. The average Bonchev–Trinajstić information content (AvgIpc) is 2.62. The summed E-state index contributed by atoms with van der Waals surface area (Å²) in [6.07, 6.45) is 0. The lowest BCUT2D eigenvalue weighted by atomic mass is 10.1. The highest BCUT2D eigenvalue weighted by Gasteiger charge is 2.32. The van der Waals surface area contributed by atoms with Crippen molar-refractivity contribution in [1.29, 1.82) is 0 Å². The first-order valence-corrected chi connectivity index (χ1v) is 10.3. The molecule has 3 aromatic carbocycles. The van der Waals surface area contributed by atoms with Crippen molar-refractivity contribution in [2.45, 2.75) is 6.92 Å². The molecule has 3 aromatic rings. The van der Waals surface area contributed by atoms with Crippen molar-refractivity contribution < 1.29 is 4.79 Å². The number of carbonyl (C=O) groups is 1. The largest absolute Gasteiger partial charge is 0.287 e. The minimum atomic E-state index is -2.57. The molecule has 0 atom stereocenters. The van der Waals surface area contributed by atoms with E-state index in [-0.39, 0.29) is 5.52 Å². The van der Waals surface area contributed by atoms with E-state index in [1.807, 2.05) is 91.9 Å². The Balaban J connectivity index is 2.24. The van der Waals surface area contributed by atoms with Crippen molar-refractivity contribution in [1.82, 2.24) is 0 Å². The molecule has 114 valence electrons. The SMILES string of the molecule is Cc1ccccc1C(=O)P(=S)(c1ccccc1)c1ccccc1. The summed E-state index contributed by atoms with van der Waals surface area (Å²) < 4.78 is 0. The topological polar surface area (TPSA) is 17.1 Å². The molecule has 3 rings (SSSR count). The zero-order valence-electron chi connectivity index (χ0n) is 12.8. The van der Waals surface area contributed by atoms with Gasteiger partial charge in [-0.05, 0) is 23.1 Å². The summed E-state index contributed by atoms with van der Waals surface area (Å²) in [6, 6.07) is 24.7. The lowest BCUT2D eigenvalue weighted by Crippen LogP contribution is -2.22. The predicted octanol–water partition coefficient (Wildman–Crippen LogP) is 4.27. The van der Waals surface area contributed by atoms with Crippen molar-refractivity contribution in [3.05, 3.63) is 96.1 Å². The second kappa shape index (κ2) is 6.62. The van der Waals surface area contributed by atoms with E-state index in [0.29, 0.717) is 0 Å². The molecule has 23 heavy (non-hydrogen) atoms. The third-order valence-corrected chi connectivity index (χ3v) is 8.53. The van der Waals surface area contributed by atoms with Crippen LogP contribution in [0.25, 0.3) is 0 Å². The van der Waals surface area contributed by atoms with E-state index in [1.54, 1.807) is 0 Å². The third-order valence-electron chi connectivity index (χ3n) is 3.90. The normalized spacial score (nSPS) is 11.2. The second-order valence-corrected chi connectivity index (χ2v) is 9.70. The molecule has 0 heterocycles. The summed E-state index contributed by atoms with van der Waals surface area (Å²) >= 11 is 6.06. The van der Waals surface area contributed by atoms with Crippen molar-refractivity contribution in [3.63, 3.8) is 0 Å². The first-order chi connectivity index (χ1) is 11.1. The van der Waals surface area contributed by atoms with Gasteiger partial charge in [-0.25, -0.2) is 0 Å². The Morgan fingerprint density at radius 1 is 0.739 bits per heavy atom. The molecule has 1 nitrogen and oxygen atoms in total. The van der Waals surface area contributed by atoms with Crippen LogP contribution in [0.1, 0.15) is 15.9 Å². The van der Waals surface area contributed by atoms with E-state index in [1.165, 1.54) is 0 Å². The molecule has 0 aliphatic carbocycles. The van der Waals surface area contributed by atoms with Crippen molar-refractivity contribution in [2.24, 2.45) is 0 Å². The van der Waals surface area contributed by atoms with Crippen LogP contribution in [-0.4, -0.2) is 5.52 Å². The number of aryl methyl sites for hydroxylation is 1. The zero-order valence-corrected chi connectivity index (χ0v) is 14.6. The molecule has 0 unspecified atom stereocenters. The molecule has 0 bridgehead atoms. The van der Waals surface area contributed by atoms with Crippen LogP contribution in [-0.2, 0) is 11.8 Å². The van der Waals surface area contributed by atoms with Gasteiger partial charge in [-0.2, -0.15) is 0 Å². The van der Waals surface area contributed by atoms with Gasteiger partial charge in [0.15, 0.2) is 0 Å². The van der Waals surface area contributed by atoms with Crippen molar-refractivity contribution >= 4 is 34.0 Å². The molecule has 0 radical (unpaired) electrons. The lowest BCUT2D eigenvalue weighted by molar-refractivity contribution is 0.108. The highest BCUT2D eigenvalue weighted by molar-refractivity contribution is 8.30. The fourth-order valence-electron chi connectivity index (χ4n) is 2.64. The van der Waals surface area contributed by atoms with E-state index >= 15 is 0 Å². The molecule has 0 amide bonds. The Morgan fingerprint density at radius 3 is 1.65 bits per heavy atom. The Bertz CT molecular complexity index is 829. The molecule has 0 N–H and O–H groups in total. The summed E-state index contributed by atoms with van der Waals surface area (Å²) in [5.41, 5.74) is 1.75. The highest BCUT2D eigenvalue weighted by Crippen LogP contribution is 2.47. The van der Waals surface area contributed by atoms with Gasteiger partial charge >= 0.3 is 0 Å². The molecule has 0 aliphatic rings. The second-order valence-electron chi connectivity index (χ2n) is 5.40. The molecular weight excluding hydrogens is 319 g/mol. The Hall–Kier alpha value is -2.02. The van der Waals surface area contributed by atoms with Gasteiger partial charge in [0, 0.05) is 5.56 Å². The van der Waals surface area contributed by atoms with Crippen LogP contribution in [0.5, 0.6) is 0 Å². The quantitative estimate of drug-likeness (QED) is 0.662. The van der Waals surface area contributed by atoms with Gasteiger partial charge in [0.05, 0.1) is 6.04 Å². The summed E-state index contributed by atoms with van der Waals surface area (Å²) in [5.74, 6) is 0. The van der Waals surface area contributed by atoms with Gasteiger partial charge in [0.2, 0.25) is 5.52 Å². The van der Waals surface area contributed by atoms with E-state index in [2.05, 4.69) is 0 Å². The maximum absolute atomic E-state index is 13.4. The number of hydrogen-bond donors (Lipinski definition) is 0. The molecule has 0 saturated heterocycles. The van der Waals surface area contributed by atoms with E-state index < -0.39 is 6.04 Å². The van der Waals surface area contributed by atoms with Gasteiger partial charge in [-0.1, -0.05) is 96.7 Å². The van der Waals surface area contributed by atoms with E-state index in [9.17, 15) is 4.79 Å². The van der Waals surface area contributed by atoms with Gasteiger partial charge in [-0.15, -0.1) is 0 Å². The van der Waals surface area contributed by atoms with Crippen LogP contribution in [0, 0.1) is 6.92 Å². The number of hydrogen-bond acceptors (Lipinski definition) is 2. The first-order valence-electron chi connectivity index (χ1n) is 7.46. The maximum atomic E-state index is 13.4. The summed E-state index contributed by atoms with van der Waals surface area (Å²) in [7, 11) is 0. The lowest BCUT2D eigenvalue weighted by Gasteiger charge is -2.22. The van der Waals surface area contributed by atoms with E-state index in [0.717, 1.165) is 21.7 Å². The first kappa shape index (κ1) is 15.9. The molecule has 0 spiro atoms. The predicted molar refractivity (Wildman–Crippen MR) is 102 cm³/mol. The van der Waals surface area contributed by atoms with Crippen LogP contribution >= 0.6 is 6.04 Å². The fourth-order valence-corrected chi connectivity index (χ4v) is 6.21. The molecule has 0 aromatic heterocycles. The Kier molecular flexibility index (Phi) is 4.56. The minimum absolute atomic E-state index is 0.0583. The summed E-state index contributed by atoms with van der Waals surface area (Å²) in [5, 5.41) is 1.88. The zero-order chi connectivity index (χ0) is 16.3. The smallest absolute Gasteiger partial charge is 0.202 e. The van der Waals surface area contributed by atoms with Gasteiger partial charge in [0.1, 0.15) is 0 Å². The molecule has 0 saturated carbocycles. The maximum Gasteiger partial charge on any atom is 0.202 e. The van der Waals surface area contributed by atoms with Gasteiger partial charge in [-0.3, -0.25) is 4.79 Å². The van der Waals surface area contributed by atoms with Crippen molar-refractivity contribution in [3.8, 4) is 0 Å². The minimum Gasteiger partial charge on any atom is -0.287 e. The molecule has 3 heteroatoms. The standard InChI is InChI=1S/C20H17OPS/c1-16-10-8-9-15-19(16)20(21)22(23,17-11-4-2-5-12-17)18-13-6-3-7-14-18/h2-15H,1H3. The van der Waals surface area contributed by atoms with Gasteiger partial charge < -0.3 is 0 Å². The third kappa shape index (κ3) is 2.93. The average molecular weight is 336 g/mol.